The number of benzene rings is 2. The highest BCUT2D eigenvalue weighted by atomic mass is 16.3. The Morgan fingerprint density at radius 2 is 2.04 bits per heavy atom. The van der Waals surface area contributed by atoms with E-state index in [0.29, 0.717) is 5.56 Å². The predicted molar refractivity (Wildman–Crippen MR) is 107 cm³/mol. The van der Waals surface area contributed by atoms with Crippen LogP contribution in [0.5, 0.6) is 5.75 Å². The van der Waals surface area contributed by atoms with E-state index in [1.807, 2.05) is 55.6 Å². The first kappa shape index (κ1) is 16.4. The van der Waals surface area contributed by atoms with Crippen molar-refractivity contribution in [1.82, 2.24) is 9.61 Å². The molecular weight excluding hydrogens is 352 g/mol. The number of phenolic OH excluding ortho intramolecular Hbond substituents is 1. The number of para-hydroxylation sites is 1. The van der Waals surface area contributed by atoms with Gasteiger partial charge in [-0.15, -0.1) is 0 Å². The summed E-state index contributed by atoms with van der Waals surface area (Å²) >= 11 is 0. The number of anilines is 1. The van der Waals surface area contributed by atoms with Gasteiger partial charge in [-0.2, -0.15) is 5.10 Å². The lowest BCUT2D eigenvalue weighted by Crippen LogP contribution is -2.14. The molecule has 3 heterocycles. The molecule has 6 nitrogen and oxygen atoms in total. The van der Waals surface area contributed by atoms with Crippen molar-refractivity contribution in [1.29, 1.82) is 0 Å². The molecule has 0 radical (unpaired) electrons. The lowest BCUT2D eigenvalue weighted by Gasteiger charge is -2.20. The summed E-state index contributed by atoms with van der Waals surface area (Å²) in [5, 5.41) is 17.9. The average Bonchev–Trinajstić information content (AvgIpc) is 3.05. The Hall–Kier alpha value is -3.80. The molecule has 0 saturated heterocycles. The Morgan fingerprint density at radius 3 is 2.82 bits per heavy atom. The number of fused-ring (bicyclic) bond motifs is 2. The van der Waals surface area contributed by atoms with Crippen LogP contribution in [-0.4, -0.2) is 20.6 Å². The number of nitrogens with zero attached hydrogens (tertiary/aromatic N) is 2. The second-order valence-electron chi connectivity index (χ2n) is 7.03. The third-order valence-electron chi connectivity index (χ3n) is 5.34. The fourth-order valence-electron chi connectivity index (χ4n) is 3.98. The summed E-state index contributed by atoms with van der Waals surface area (Å²) in [4.78, 5) is 12.2. The predicted octanol–water partition coefficient (Wildman–Crippen LogP) is 3.63. The van der Waals surface area contributed by atoms with Crippen molar-refractivity contribution in [3.8, 4) is 16.9 Å². The zero-order chi connectivity index (χ0) is 19.4. The first-order valence-electron chi connectivity index (χ1n) is 9.00. The molecule has 2 aromatic heterocycles. The van der Waals surface area contributed by atoms with Crippen LogP contribution in [0.2, 0.25) is 0 Å². The third-order valence-corrected chi connectivity index (χ3v) is 5.34. The first-order valence-corrected chi connectivity index (χ1v) is 9.00. The summed E-state index contributed by atoms with van der Waals surface area (Å²) in [5.74, 6) is -0.247. The van der Waals surface area contributed by atoms with Gasteiger partial charge in [-0.1, -0.05) is 24.3 Å². The van der Waals surface area contributed by atoms with Crippen LogP contribution in [0.15, 0.2) is 60.9 Å². The molecule has 2 aromatic carbocycles. The molecule has 4 aromatic rings. The number of aromatic nitrogens is 2. The summed E-state index contributed by atoms with van der Waals surface area (Å²) in [6.07, 6.45) is 3.41. The molecule has 6 heteroatoms. The van der Waals surface area contributed by atoms with Gasteiger partial charge in [0.25, 0.3) is 5.91 Å². The maximum atomic E-state index is 12.2. The fraction of sp³-hybridized carbons (Fsp3) is 0.0909. The van der Waals surface area contributed by atoms with Gasteiger partial charge >= 0.3 is 0 Å². The minimum Gasteiger partial charge on any atom is -0.508 e. The zero-order valence-electron chi connectivity index (χ0n) is 15.2. The molecule has 1 atom stereocenters. The van der Waals surface area contributed by atoms with Gasteiger partial charge in [0, 0.05) is 28.6 Å². The van der Waals surface area contributed by atoms with E-state index in [2.05, 4.69) is 10.4 Å². The van der Waals surface area contributed by atoms with Gasteiger partial charge in [0.05, 0.1) is 23.3 Å². The number of phenols is 1. The van der Waals surface area contributed by atoms with Crippen LogP contribution in [0.1, 0.15) is 33.1 Å². The van der Waals surface area contributed by atoms with Crippen molar-refractivity contribution in [2.24, 2.45) is 5.73 Å². The first-order chi connectivity index (χ1) is 13.5. The molecule has 138 valence electrons. The highest BCUT2D eigenvalue weighted by molar-refractivity contribution is 6.06. The normalized spacial score (nSPS) is 15.0. The van der Waals surface area contributed by atoms with Crippen LogP contribution < -0.4 is 11.1 Å². The summed E-state index contributed by atoms with van der Waals surface area (Å²) in [5.41, 5.74) is 12.3. The standard InChI is InChI=1S/C22H18N4O2/c1-12-10-13(6-7-18(12)27)20-15-8-9-26-21(15)19(16(11-24-26)22(23)28)14-4-2-3-5-17(14)25-20/h2-11,20,25,27H,1H3,(H2,23,28). The minimum atomic E-state index is -0.508. The van der Waals surface area contributed by atoms with Crippen molar-refractivity contribution in [2.45, 2.75) is 13.0 Å². The Balaban J connectivity index is 1.88. The van der Waals surface area contributed by atoms with Gasteiger partial charge in [-0.05, 0) is 42.3 Å². The lowest BCUT2D eigenvalue weighted by atomic mass is 9.95. The van der Waals surface area contributed by atoms with Crippen LogP contribution in [0, 0.1) is 6.92 Å². The number of nitrogens with two attached hydrogens (primary N) is 1. The largest absolute Gasteiger partial charge is 0.508 e. The molecule has 0 spiro atoms. The number of carbonyl (C=O) groups is 1. The van der Waals surface area contributed by atoms with Gasteiger partial charge in [0.15, 0.2) is 0 Å². The van der Waals surface area contributed by atoms with Crippen LogP contribution in [0.3, 0.4) is 0 Å². The molecule has 1 aliphatic heterocycles. The number of carbonyl (C=O) groups excluding carboxylic acids is 1. The topological polar surface area (TPSA) is 92.6 Å². The van der Waals surface area contributed by atoms with Gasteiger partial charge in [0.1, 0.15) is 5.75 Å². The van der Waals surface area contributed by atoms with Crippen molar-refractivity contribution in [3.05, 3.63) is 83.2 Å². The van der Waals surface area contributed by atoms with Crippen LogP contribution in [-0.2, 0) is 0 Å². The van der Waals surface area contributed by atoms with E-state index in [4.69, 9.17) is 5.73 Å². The summed E-state index contributed by atoms with van der Waals surface area (Å²) in [6.45, 7) is 1.87. The van der Waals surface area contributed by atoms with Gasteiger partial charge in [-0.3, -0.25) is 4.79 Å². The summed E-state index contributed by atoms with van der Waals surface area (Å²) < 4.78 is 1.78. The van der Waals surface area contributed by atoms with E-state index < -0.39 is 5.91 Å². The number of aromatic hydroxyl groups is 1. The van der Waals surface area contributed by atoms with E-state index in [-0.39, 0.29) is 11.8 Å². The molecule has 1 unspecified atom stereocenters. The molecule has 0 saturated carbocycles. The van der Waals surface area contributed by atoms with Crippen LogP contribution in [0.25, 0.3) is 16.6 Å². The number of primary amides is 1. The molecule has 28 heavy (non-hydrogen) atoms. The SMILES string of the molecule is Cc1cc(C2Nc3ccccc3-c3c(C(N)=O)cnn4ccc2c34)ccc1O. The number of rotatable bonds is 2. The monoisotopic (exact) mass is 370 g/mol. The Bertz CT molecular complexity index is 1260. The summed E-state index contributed by atoms with van der Waals surface area (Å²) in [6, 6.07) is 15.3. The van der Waals surface area contributed by atoms with E-state index in [1.54, 1.807) is 10.6 Å². The van der Waals surface area contributed by atoms with Crippen molar-refractivity contribution < 1.29 is 9.90 Å². The van der Waals surface area contributed by atoms with Gasteiger partial charge in [-0.25, -0.2) is 4.52 Å². The van der Waals surface area contributed by atoms with E-state index in [9.17, 15) is 9.90 Å². The number of amides is 1. The van der Waals surface area contributed by atoms with Crippen molar-refractivity contribution in [3.63, 3.8) is 0 Å². The van der Waals surface area contributed by atoms with E-state index in [0.717, 1.165) is 39.0 Å². The molecule has 0 bridgehead atoms. The number of aryl methyl sites for hydroxylation is 1. The molecule has 1 aliphatic rings. The van der Waals surface area contributed by atoms with Crippen LogP contribution >= 0.6 is 0 Å². The van der Waals surface area contributed by atoms with Crippen LogP contribution in [0.4, 0.5) is 5.69 Å². The van der Waals surface area contributed by atoms with Crippen molar-refractivity contribution in [2.75, 3.05) is 5.32 Å². The highest BCUT2D eigenvalue weighted by Crippen LogP contribution is 2.43. The average molecular weight is 370 g/mol. The number of hydrogen-bond donors (Lipinski definition) is 3. The maximum absolute atomic E-state index is 12.2. The number of hydrogen-bond acceptors (Lipinski definition) is 4. The minimum absolute atomic E-state index is 0.170. The Kier molecular flexibility index (Phi) is 3.42. The lowest BCUT2D eigenvalue weighted by molar-refractivity contribution is 0.100. The maximum Gasteiger partial charge on any atom is 0.251 e. The van der Waals surface area contributed by atoms with Gasteiger partial charge in [0.2, 0.25) is 0 Å². The Labute approximate surface area is 161 Å². The second-order valence-corrected chi connectivity index (χ2v) is 7.03. The summed E-state index contributed by atoms with van der Waals surface area (Å²) in [7, 11) is 0. The quantitative estimate of drug-likeness (QED) is 0.502. The van der Waals surface area contributed by atoms with Gasteiger partial charge < -0.3 is 16.2 Å². The van der Waals surface area contributed by atoms with E-state index >= 15 is 0 Å². The fourth-order valence-corrected chi connectivity index (χ4v) is 3.98. The molecular formula is C22H18N4O2. The smallest absolute Gasteiger partial charge is 0.251 e. The molecule has 1 amide bonds. The molecule has 5 rings (SSSR count). The Morgan fingerprint density at radius 1 is 1.21 bits per heavy atom. The van der Waals surface area contributed by atoms with Crippen molar-refractivity contribution >= 4 is 17.1 Å². The molecule has 0 fully saturated rings. The third kappa shape index (κ3) is 2.28. The molecule has 0 aliphatic carbocycles. The highest BCUT2D eigenvalue weighted by Gasteiger charge is 2.28. The van der Waals surface area contributed by atoms with E-state index in [1.165, 1.54) is 6.20 Å². The second kappa shape index (κ2) is 5.85. The number of nitrogens with one attached hydrogen (secondary N) is 1. The molecule has 4 N–H and O–H groups in total. The zero-order valence-corrected chi connectivity index (χ0v) is 15.2.